The fourth-order valence-corrected chi connectivity index (χ4v) is 0.456. The molecule has 0 bridgehead atoms. The van der Waals surface area contributed by atoms with Gasteiger partial charge in [-0.3, -0.25) is 0 Å². The van der Waals surface area contributed by atoms with E-state index in [0.29, 0.717) is 0 Å². The standard InChI is InChI=1S/C6H7.Sn/c1-3-5-6-4-2;/h5-6H,3H2,1H3;. The summed E-state index contributed by atoms with van der Waals surface area (Å²) >= 11 is 1.29. The summed E-state index contributed by atoms with van der Waals surface area (Å²) < 4.78 is 2.86. The molecule has 0 spiro atoms. The van der Waals surface area contributed by atoms with Crippen molar-refractivity contribution < 1.29 is 0 Å². The molecule has 0 saturated carbocycles. The summed E-state index contributed by atoms with van der Waals surface area (Å²) in [5.74, 6) is 2.86. The molecule has 0 aliphatic carbocycles. The summed E-state index contributed by atoms with van der Waals surface area (Å²) in [4.78, 5) is 0. The van der Waals surface area contributed by atoms with Crippen molar-refractivity contribution in [1.29, 1.82) is 0 Å². The van der Waals surface area contributed by atoms with Gasteiger partial charge >= 0.3 is 57.9 Å². The Bertz CT molecular complexity index is 103. The molecule has 0 saturated heterocycles. The van der Waals surface area contributed by atoms with Crippen LogP contribution in [0.25, 0.3) is 0 Å². The molecule has 0 aromatic rings. The van der Waals surface area contributed by atoms with Crippen molar-refractivity contribution >= 4 is 22.5 Å². The van der Waals surface area contributed by atoms with Crippen LogP contribution in [-0.4, -0.2) is 22.5 Å². The van der Waals surface area contributed by atoms with Gasteiger partial charge in [0.15, 0.2) is 0 Å². The van der Waals surface area contributed by atoms with E-state index < -0.39 is 0 Å². The Morgan fingerprint density at radius 1 is 1.71 bits per heavy atom. The van der Waals surface area contributed by atoms with Gasteiger partial charge in [-0.1, -0.05) is 0 Å². The van der Waals surface area contributed by atoms with Gasteiger partial charge < -0.3 is 0 Å². The van der Waals surface area contributed by atoms with Gasteiger partial charge in [0.25, 0.3) is 0 Å². The first kappa shape index (κ1) is 7.10. The Hall–Kier alpha value is 0.0987. The van der Waals surface area contributed by atoms with Gasteiger partial charge in [-0.05, 0) is 0 Å². The predicted molar refractivity (Wildman–Crippen MR) is 33.0 cm³/mol. The summed E-state index contributed by atoms with van der Waals surface area (Å²) in [7, 11) is 0. The second-order valence-corrected chi connectivity index (χ2v) is 1.79. The van der Waals surface area contributed by atoms with E-state index in [0.717, 1.165) is 6.42 Å². The first-order valence-electron chi connectivity index (χ1n) is 2.24. The van der Waals surface area contributed by atoms with E-state index in [2.05, 4.69) is 22.9 Å². The number of allylic oxidation sites excluding steroid dienone is 2. The molecule has 0 aliphatic rings. The van der Waals surface area contributed by atoms with Crippen LogP contribution in [0, 0.1) is 9.86 Å². The van der Waals surface area contributed by atoms with Crippen molar-refractivity contribution in [3.05, 3.63) is 12.2 Å². The first-order valence-corrected chi connectivity index (χ1v) is 3.66. The Labute approximate surface area is 58.1 Å². The summed E-state index contributed by atoms with van der Waals surface area (Å²) in [5.41, 5.74) is 0. The quantitative estimate of drug-likeness (QED) is 0.436. The molecular weight excluding hydrogens is 191 g/mol. The molecule has 7 heavy (non-hydrogen) atoms. The summed E-state index contributed by atoms with van der Waals surface area (Å²) in [6, 6.07) is 0. The number of hydrogen-bond donors (Lipinski definition) is 0. The number of rotatable bonds is 1. The minimum atomic E-state index is 1.09. The van der Waals surface area contributed by atoms with Crippen molar-refractivity contribution in [1.82, 2.24) is 0 Å². The van der Waals surface area contributed by atoms with Gasteiger partial charge in [-0.2, -0.15) is 0 Å². The summed E-state index contributed by atoms with van der Waals surface area (Å²) in [6.45, 7) is 2.10. The molecule has 0 rings (SSSR count). The minimum absolute atomic E-state index is 1.09. The second kappa shape index (κ2) is 6.10. The molecule has 0 nitrogen and oxygen atoms in total. The molecule has 0 amide bonds. The monoisotopic (exact) mass is 199 g/mol. The maximum atomic E-state index is 2.86. The number of hydrogen-bond acceptors (Lipinski definition) is 0. The molecule has 0 heterocycles. The summed E-state index contributed by atoms with van der Waals surface area (Å²) in [6.07, 6.45) is 5.04. The van der Waals surface area contributed by atoms with Crippen molar-refractivity contribution in [2.75, 3.05) is 0 Å². The second-order valence-electron chi connectivity index (χ2n) is 1.08. The molecule has 0 aliphatic heterocycles. The third-order valence-corrected chi connectivity index (χ3v) is 0.921. The van der Waals surface area contributed by atoms with E-state index in [-0.39, 0.29) is 0 Å². The molecule has 0 N–H and O–H groups in total. The molecule has 0 fully saturated rings. The van der Waals surface area contributed by atoms with Crippen LogP contribution in [0.15, 0.2) is 12.2 Å². The van der Waals surface area contributed by atoms with E-state index in [9.17, 15) is 0 Å². The Kier molecular flexibility index (Phi) is 6.18. The third kappa shape index (κ3) is 6.10. The first-order chi connectivity index (χ1) is 3.41. The van der Waals surface area contributed by atoms with Crippen LogP contribution in [0.3, 0.4) is 0 Å². The van der Waals surface area contributed by atoms with Crippen molar-refractivity contribution in [3.8, 4) is 9.86 Å². The molecule has 0 unspecified atom stereocenters. The Balaban J connectivity index is 3.21. The fourth-order valence-electron chi connectivity index (χ4n) is 0.218. The zero-order chi connectivity index (χ0) is 5.54. The van der Waals surface area contributed by atoms with Crippen LogP contribution < -0.4 is 0 Å². The topological polar surface area (TPSA) is 0 Å². The molecular formula is C6H7Sn. The molecule has 0 aromatic carbocycles. The average Bonchev–Trinajstić information content (AvgIpc) is 1.69. The predicted octanol–water partition coefficient (Wildman–Crippen LogP) is 1.08. The van der Waals surface area contributed by atoms with Gasteiger partial charge in [0.1, 0.15) is 0 Å². The van der Waals surface area contributed by atoms with E-state index in [1.165, 1.54) is 22.5 Å². The Morgan fingerprint density at radius 3 is 2.86 bits per heavy atom. The fraction of sp³-hybridized carbons (Fsp3) is 0.333. The van der Waals surface area contributed by atoms with Crippen LogP contribution in [0.1, 0.15) is 13.3 Å². The van der Waals surface area contributed by atoms with Gasteiger partial charge in [0, 0.05) is 0 Å². The van der Waals surface area contributed by atoms with E-state index in [1.807, 2.05) is 6.08 Å². The van der Waals surface area contributed by atoms with E-state index >= 15 is 0 Å². The van der Waals surface area contributed by atoms with Crippen molar-refractivity contribution in [2.24, 2.45) is 0 Å². The van der Waals surface area contributed by atoms with Crippen LogP contribution in [0.2, 0.25) is 0 Å². The van der Waals surface area contributed by atoms with Crippen LogP contribution in [0.5, 0.6) is 0 Å². The molecule has 0 atom stereocenters. The zero-order valence-electron chi connectivity index (χ0n) is 4.36. The van der Waals surface area contributed by atoms with Crippen LogP contribution in [-0.2, 0) is 0 Å². The van der Waals surface area contributed by atoms with Crippen molar-refractivity contribution in [2.45, 2.75) is 13.3 Å². The Morgan fingerprint density at radius 2 is 2.43 bits per heavy atom. The normalized spacial score (nSPS) is 8.29. The molecule has 0 aromatic heterocycles. The molecule has 35 valence electrons. The van der Waals surface area contributed by atoms with E-state index in [4.69, 9.17) is 0 Å². The van der Waals surface area contributed by atoms with Crippen molar-refractivity contribution in [3.63, 3.8) is 0 Å². The SMILES string of the molecule is CCC=CC#[C][Sn]. The average molecular weight is 198 g/mol. The zero-order valence-corrected chi connectivity index (χ0v) is 7.22. The maximum absolute atomic E-state index is 2.86. The van der Waals surface area contributed by atoms with Gasteiger partial charge in [0.05, 0.1) is 0 Å². The third-order valence-electron chi connectivity index (χ3n) is 0.509. The van der Waals surface area contributed by atoms with Gasteiger partial charge in [-0.25, -0.2) is 0 Å². The van der Waals surface area contributed by atoms with Crippen LogP contribution in [0.4, 0.5) is 0 Å². The molecule has 3 radical (unpaired) electrons. The van der Waals surface area contributed by atoms with Gasteiger partial charge in [0.2, 0.25) is 0 Å². The van der Waals surface area contributed by atoms with Gasteiger partial charge in [-0.15, -0.1) is 0 Å². The van der Waals surface area contributed by atoms with E-state index in [1.54, 1.807) is 0 Å². The molecule has 1 heteroatoms. The van der Waals surface area contributed by atoms with Crippen LogP contribution >= 0.6 is 0 Å². The summed E-state index contributed by atoms with van der Waals surface area (Å²) in [5, 5.41) is 0.